The number of methoxy groups -OCH3 is 1. The lowest BCUT2D eigenvalue weighted by Gasteiger charge is -2.08. The topological polar surface area (TPSA) is 94.3 Å². The molecule has 0 radical (unpaired) electrons. The average Bonchev–Trinajstić information content (AvgIpc) is 3.33. The predicted molar refractivity (Wildman–Crippen MR) is 105 cm³/mol. The van der Waals surface area contributed by atoms with Crippen molar-refractivity contribution in [2.24, 2.45) is 0 Å². The van der Waals surface area contributed by atoms with E-state index < -0.39 is 0 Å². The third-order valence-electron chi connectivity index (χ3n) is 4.11. The van der Waals surface area contributed by atoms with Crippen LogP contribution in [0.1, 0.15) is 29.1 Å². The number of nitrogens with zero attached hydrogens (tertiary/aromatic N) is 2. The summed E-state index contributed by atoms with van der Waals surface area (Å²) >= 11 is 5.15. The average molecular weight is 402 g/mol. The van der Waals surface area contributed by atoms with Gasteiger partial charge in [0.2, 0.25) is 0 Å². The van der Waals surface area contributed by atoms with Crippen molar-refractivity contribution in [2.75, 3.05) is 13.7 Å². The first kappa shape index (κ1) is 19.7. The van der Waals surface area contributed by atoms with Crippen molar-refractivity contribution in [3.05, 3.63) is 58.5 Å². The largest absolute Gasteiger partial charge is 0.493 e. The molecule has 0 unspecified atom stereocenters. The van der Waals surface area contributed by atoms with Crippen LogP contribution in [0.4, 0.5) is 0 Å². The molecule has 1 aromatic carbocycles. The molecule has 2 N–H and O–H groups in total. The van der Waals surface area contributed by atoms with E-state index in [1.165, 1.54) is 0 Å². The Hall–Kier alpha value is -3.07. The predicted octanol–water partition coefficient (Wildman–Crippen LogP) is 3.11. The highest BCUT2D eigenvalue weighted by Gasteiger charge is 2.13. The molecule has 0 atom stereocenters. The van der Waals surface area contributed by atoms with Gasteiger partial charge in [-0.2, -0.15) is 5.10 Å². The van der Waals surface area contributed by atoms with Crippen LogP contribution < -0.4 is 14.8 Å². The third-order valence-corrected chi connectivity index (χ3v) is 4.42. The Bertz CT molecular complexity index is 992. The maximum Gasteiger partial charge on any atom is 0.287 e. The first-order chi connectivity index (χ1) is 13.6. The summed E-state index contributed by atoms with van der Waals surface area (Å²) in [4.78, 5) is 12.3. The molecule has 148 valence electrons. The van der Waals surface area contributed by atoms with Gasteiger partial charge in [-0.05, 0) is 43.4 Å². The number of hydrogen-bond acceptors (Lipinski definition) is 6. The standard InChI is InChI=1S/C19H22N4O4S/c1-3-23-17(21-22-19(23)28)10-11-20-18(24)16-9-8-13(27-16)12-26-15-7-5-4-6-14(15)25-2/h4-9H,3,10-12H2,1-2H3,(H,20,24)(H,22,28). The maximum absolute atomic E-state index is 12.3. The van der Waals surface area contributed by atoms with Gasteiger partial charge in [0.25, 0.3) is 5.91 Å². The van der Waals surface area contributed by atoms with Crippen LogP contribution in [-0.2, 0) is 19.6 Å². The number of para-hydroxylation sites is 2. The summed E-state index contributed by atoms with van der Waals surface area (Å²) < 4.78 is 19.0. The molecule has 1 amide bonds. The monoisotopic (exact) mass is 402 g/mol. The molecule has 3 rings (SSSR count). The van der Waals surface area contributed by atoms with Gasteiger partial charge in [-0.3, -0.25) is 9.89 Å². The highest BCUT2D eigenvalue weighted by atomic mass is 32.1. The summed E-state index contributed by atoms with van der Waals surface area (Å²) in [6.45, 7) is 3.34. The van der Waals surface area contributed by atoms with Gasteiger partial charge in [-0.15, -0.1) is 0 Å². The molecule has 0 fully saturated rings. The molecule has 0 aliphatic carbocycles. The van der Waals surface area contributed by atoms with E-state index in [0.29, 0.717) is 35.0 Å². The molecule has 2 aromatic heterocycles. The Morgan fingerprint density at radius 1 is 1.29 bits per heavy atom. The minimum absolute atomic E-state index is 0.193. The lowest BCUT2D eigenvalue weighted by molar-refractivity contribution is 0.0922. The van der Waals surface area contributed by atoms with Crippen molar-refractivity contribution in [2.45, 2.75) is 26.5 Å². The minimum Gasteiger partial charge on any atom is -0.493 e. The van der Waals surface area contributed by atoms with E-state index in [2.05, 4.69) is 15.5 Å². The van der Waals surface area contributed by atoms with Gasteiger partial charge < -0.3 is 23.8 Å². The molecule has 2 heterocycles. The van der Waals surface area contributed by atoms with Gasteiger partial charge in [0.1, 0.15) is 18.2 Å². The molecule has 0 aliphatic rings. The van der Waals surface area contributed by atoms with Crippen LogP contribution in [0, 0.1) is 4.77 Å². The molecule has 0 spiro atoms. The lowest BCUT2D eigenvalue weighted by atomic mass is 10.3. The molecular weight excluding hydrogens is 380 g/mol. The number of H-pyrrole nitrogens is 1. The van der Waals surface area contributed by atoms with E-state index in [-0.39, 0.29) is 18.3 Å². The van der Waals surface area contributed by atoms with Crippen LogP contribution in [0.25, 0.3) is 0 Å². The molecule has 0 saturated carbocycles. The number of nitrogens with one attached hydrogen (secondary N) is 2. The Morgan fingerprint density at radius 2 is 2.07 bits per heavy atom. The number of aromatic nitrogens is 3. The summed E-state index contributed by atoms with van der Waals surface area (Å²) in [6, 6.07) is 10.7. The SMILES string of the molecule is CCn1c(CCNC(=O)c2ccc(COc3ccccc3OC)o2)n[nH]c1=S. The fourth-order valence-electron chi connectivity index (χ4n) is 2.71. The number of carbonyl (C=O) groups excluding carboxylic acids is 1. The van der Waals surface area contributed by atoms with Crippen LogP contribution in [0.15, 0.2) is 40.8 Å². The summed E-state index contributed by atoms with van der Waals surface area (Å²) in [5.41, 5.74) is 0. The van der Waals surface area contributed by atoms with E-state index in [9.17, 15) is 4.79 Å². The Balaban J connectivity index is 1.51. The van der Waals surface area contributed by atoms with Crippen molar-refractivity contribution >= 4 is 18.1 Å². The quantitative estimate of drug-likeness (QED) is 0.534. The van der Waals surface area contributed by atoms with E-state index in [0.717, 1.165) is 12.4 Å². The highest BCUT2D eigenvalue weighted by molar-refractivity contribution is 7.71. The second-order valence-electron chi connectivity index (χ2n) is 5.90. The van der Waals surface area contributed by atoms with Crippen molar-refractivity contribution in [1.29, 1.82) is 0 Å². The zero-order chi connectivity index (χ0) is 19.9. The van der Waals surface area contributed by atoms with Gasteiger partial charge >= 0.3 is 0 Å². The number of amides is 1. The molecule has 0 saturated heterocycles. The van der Waals surface area contributed by atoms with Crippen LogP contribution in [0.3, 0.4) is 0 Å². The summed E-state index contributed by atoms with van der Waals surface area (Å²) in [6.07, 6.45) is 0.567. The second kappa shape index (κ2) is 9.23. The number of furan rings is 1. The van der Waals surface area contributed by atoms with Gasteiger partial charge in [0, 0.05) is 19.5 Å². The van der Waals surface area contributed by atoms with Crippen LogP contribution in [0.5, 0.6) is 11.5 Å². The Labute approximate surface area is 167 Å². The lowest BCUT2D eigenvalue weighted by Crippen LogP contribution is -2.26. The highest BCUT2D eigenvalue weighted by Crippen LogP contribution is 2.26. The zero-order valence-corrected chi connectivity index (χ0v) is 16.5. The number of ether oxygens (including phenoxy) is 2. The van der Waals surface area contributed by atoms with Gasteiger partial charge in [0.05, 0.1) is 7.11 Å². The van der Waals surface area contributed by atoms with E-state index in [1.54, 1.807) is 25.3 Å². The zero-order valence-electron chi connectivity index (χ0n) is 15.7. The summed E-state index contributed by atoms with van der Waals surface area (Å²) in [5.74, 6) is 2.53. The molecule has 3 aromatic rings. The normalized spacial score (nSPS) is 10.6. The number of benzene rings is 1. The molecule has 9 heteroatoms. The molecule has 0 aliphatic heterocycles. The number of carbonyl (C=O) groups is 1. The fraction of sp³-hybridized carbons (Fsp3) is 0.316. The summed E-state index contributed by atoms with van der Waals surface area (Å²) in [5, 5.41) is 9.75. The van der Waals surface area contributed by atoms with Crippen molar-refractivity contribution in [3.8, 4) is 11.5 Å². The van der Waals surface area contributed by atoms with Crippen molar-refractivity contribution in [3.63, 3.8) is 0 Å². The molecule has 0 bridgehead atoms. The van der Waals surface area contributed by atoms with Crippen molar-refractivity contribution in [1.82, 2.24) is 20.1 Å². The summed E-state index contributed by atoms with van der Waals surface area (Å²) in [7, 11) is 1.58. The Morgan fingerprint density at radius 3 is 2.82 bits per heavy atom. The first-order valence-electron chi connectivity index (χ1n) is 8.89. The van der Waals surface area contributed by atoms with E-state index in [4.69, 9.17) is 26.1 Å². The van der Waals surface area contributed by atoms with Crippen LogP contribution in [0.2, 0.25) is 0 Å². The van der Waals surface area contributed by atoms with Crippen LogP contribution >= 0.6 is 12.2 Å². The van der Waals surface area contributed by atoms with Crippen molar-refractivity contribution < 1.29 is 18.7 Å². The van der Waals surface area contributed by atoms with Gasteiger partial charge in [-0.25, -0.2) is 0 Å². The number of rotatable bonds is 9. The van der Waals surface area contributed by atoms with Gasteiger partial charge in [0.15, 0.2) is 22.0 Å². The third kappa shape index (κ3) is 4.61. The molecular formula is C19H22N4O4S. The smallest absolute Gasteiger partial charge is 0.287 e. The molecule has 8 nitrogen and oxygen atoms in total. The van der Waals surface area contributed by atoms with Crippen LogP contribution in [-0.4, -0.2) is 34.3 Å². The second-order valence-corrected chi connectivity index (χ2v) is 6.29. The number of aromatic amines is 1. The Kier molecular flexibility index (Phi) is 6.49. The molecule has 28 heavy (non-hydrogen) atoms. The van der Waals surface area contributed by atoms with E-state index in [1.807, 2.05) is 29.7 Å². The first-order valence-corrected chi connectivity index (χ1v) is 9.30. The van der Waals surface area contributed by atoms with E-state index >= 15 is 0 Å². The number of hydrogen-bond donors (Lipinski definition) is 2. The fourth-order valence-corrected chi connectivity index (χ4v) is 2.99. The van der Waals surface area contributed by atoms with Gasteiger partial charge in [-0.1, -0.05) is 12.1 Å². The maximum atomic E-state index is 12.3. The minimum atomic E-state index is -0.291.